The number of hydrazone groups is 1. The van der Waals surface area contributed by atoms with E-state index in [4.69, 9.17) is 32.7 Å². The highest BCUT2D eigenvalue weighted by atomic mass is 35.5. The normalized spacial score (nSPS) is 10.8. The van der Waals surface area contributed by atoms with Crippen molar-refractivity contribution in [1.82, 2.24) is 5.43 Å². The maximum Gasteiger partial charge on any atom is 0.250 e. The van der Waals surface area contributed by atoms with Gasteiger partial charge in [0.1, 0.15) is 6.61 Å². The SMILES string of the molecule is CCOc1cc(/C=N\NC(=O)CSc2ccc(Cl)cc2)cc(Cl)c1OCc1ccccc1. The maximum absolute atomic E-state index is 12.0. The molecule has 3 aromatic rings. The van der Waals surface area contributed by atoms with E-state index >= 15 is 0 Å². The van der Waals surface area contributed by atoms with Crippen molar-refractivity contribution in [2.24, 2.45) is 5.10 Å². The van der Waals surface area contributed by atoms with Crippen LogP contribution in [0.2, 0.25) is 10.0 Å². The third-order valence-electron chi connectivity index (χ3n) is 4.14. The van der Waals surface area contributed by atoms with Crippen LogP contribution in [0.5, 0.6) is 11.5 Å². The van der Waals surface area contributed by atoms with Crippen molar-refractivity contribution < 1.29 is 14.3 Å². The van der Waals surface area contributed by atoms with Crippen molar-refractivity contribution in [1.29, 1.82) is 0 Å². The van der Waals surface area contributed by atoms with Crippen LogP contribution in [0.3, 0.4) is 0 Å². The van der Waals surface area contributed by atoms with Crippen molar-refractivity contribution in [2.75, 3.05) is 12.4 Å². The fourth-order valence-corrected chi connectivity index (χ4v) is 3.78. The maximum atomic E-state index is 12.0. The molecule has 166 valence electrons. The summed E-state index contributed by atoms with van der Waals surface area (Å²) >= 11 is 13.7. The summed E-state index contributed by atoms with van der Waals surface area (Å²) in [5.41, 5.74) is 4.21. The van der Waals surface area contributed by atoms with Gasteiger partial charge in [-0.1, -0.05) is 53.5 Å². The molecule has 0 saturated carbocycles. The van der Waals surface area contributed by atoms with Gasteiger partial charge in [0.25, 0.3) is 0 Å². The largest absolute Gasteiger partial charge is 0.490 e. The smallest absolute Gasteiger partial charge is 0.250 e. The van der Waals surface area contributed by atoms with E-state index in [2.05, 4.69) is 10.5 Å². The van der Waals surface area contributed by atoms with Crippen molar-refractivity contribution in [2.45, 2.75) is 18.4 Å². The molecule has 0 aliphatic heterocycles. The van der Waals surface area contributed by atoms with E-state index < -0.39 is 0 Å². The Bertz CT molecular complexity index is 1060. The number of benzene rings is 3. The Morgan fingerprint density at radius 1 is 1.06 bits per heavy atom. The standard InChI is InChI=1S/C24H22Cl2N2O3S/c1-2-30-22-13-18(12-21(26)24(22)31-15-17-6-4-3-5-7-17)14-27-28-23(29)16-32-20-10-8-19(25)9-11-20/h3-14H,2,15-16H2,1H3,(H,28,29)/b27-14-. The van der Waals surface area contributed by atoms with Crippen LogP contribution in [0, 0.1) is 0 Å². The number of halogens is 2. The minimum atomic E-state index is -0.222. The molecular weight excluding hydrogens is 467 g/mol. The number of rotatable bonds is 10. The number of thioether (sulfide) groups is 1. The summed E-state index contributed by atoms with van der Waals surface area (Å²) in [5.74, 6) is 0.996. The Morgan fingerprint density at radius 2 is 1.81 bits per heavy atom. The summed E-state index contributed by atoms with van der Waals surface area (Å²) in [6.45, 7) is 2.71. The fourth-order valence-electron chi connectivity index (χ4n) is 2.69. The summed E-state index contributed by atoms with van der Waals surface area (Å²) < 4.78 is 11.6. The molecule has 0 fully saturated rings. The Balaban J connectivity index is 1.59. The van der Waals surface area contributed by atoms with E-state index in [-0.39, 0.29) is 11.7 Å². The van der Waals surface area contributed by atoms with Gasteiger partial charge in [0, 0.05) is 9.92 Å². The molecule has 0 unspecified atom stereocenters. The molecule has 0 atom stereocenters. The molecular formula is C24H22Cl2N2O3S. The van der Waals surface area contributed by atoms with E-state index in [0.29, 0.717) is 40.3 Å². The topological polar surface area (TPSA) is 59.9 Å². The van der Waals surface area contributed by atoms with E-state index in [9.17, 15) is 4.79 Å². The molecule has 1 amide bonds. The summed E-state index contributed by atoms with van der Waals surface area (Å²) in [7, 11) is 0. The van der Waals surface area contributed by atoms with Crippen LogP contribution in [-0.2, 0) is 11.4 Å². The van der Waals surface area contributed by atoms with Gasteiger partial charge in [0.2, 0.25) is 5.91 Å². The van der Waals surface area contributed by atoms with Crippen LogP contribution in [-0.4, -0.2) is 24.5 Å². The molecule has 32 heavy (non-hydrogen) atoms. The molecule has 0 spiro atoms. The highest BCUT2D eigenvalue weighted by Gasteiger charge is 2.12. The summed E-state index contributed by atoms with van der Waals surface area (Å²) in [4.78, 5) is 13.0. The van der Waals surface area contributed by atoms with Gasteiger partial charge in [-0.3, -0.25) is 4.79 Å². The van der Waals surface area contributed by atoms with Gasteiger partial charge in [-0.15, -0.1) is 11.8 Å². The first-order valence-corrected chi connectivity index (χ1v) is 11.6. The van der Waals surface area contributed by atoms with Crippen molar-refractivity contribution in [3.8, 4) is 11.5 Å². The second-order valence-corrected chi connectivity index (χ2v) is 8.47. The molecule has 3 aromatic carbocycles. The molecule has 3 rings (SSSR count). The lowest BCUT2D eigenvalue weighted by molar-refractivity contribution is -0.118. The minimum absolute atomic E-state index is 0.222. The second kappa shape index (κ2) is 12.4. The van der Waals surface area contributed by atoms with Gasteiger partial charge in [-0.05, 0) is 54.4 Å². The molecule has 0 bridgehead atoms. The van der Waals surface area contributed by atoms with Gasteiger partial charge in [0.05, 0.1) is 23.6 Å². The summed E-state index contributed by atoms with van der Waals surface area (Å²) in [6, 6.07) is 20.6. The van der Waals surface area contributed by atoms with E-state index in [1.807, 2.05) is 49.4 Å². The zero-order chi connectivity index (χ0) is 22.8. The van der Waals surface area contributed by atoms with Crippen molar-refractivity contribution in [3.63, 3.8) is 0 Å². The Labute approximate surface area is 201 Å². The number of carbonyl (C=O) groups excluding carboxylic acids is 1. The Hall–Kier alpha value is -2.67. The predicted molar refractivity (Wildman–Crippen MR) is 131 cm³/mol. The van der Waals surface area contributed by atoms with Crippen LogP contribution in [0.1, 0.15) is 18.1 Å². The highest BCUT2D eigenvalue weighted by Crippen LogP contribution is 2.37. The molecule has 0 saturated heterocycles. The molecule has 0 aromatic heterocycles. The molecule has 5 nitrogen and oxygen atoms in total. The number of hydrogen-bond donors (Lipinski definition) is 1. The molecule has 0 heterocycles. The third kappa shape index (κ3) is 7.48. The Kier molecular flexibility index (Phi) is 9.28. The van der Waals surface area contributed by atoms with Crippen LogP contribution in [0.25, 0.3) is 0 Å². The molecule has 0 aliphatic rings. The minimum Gasteiger partial charge on any atom is -0.490 e. The van der Waals surface area contributed by atoms with E-state index in [1.165, 1.54) is 18.0 Å². The van der Waals surface area contributed by atoms with Crippen LogP contribution in [0.15, 0.2) is 76.7 Å². The lowest BCUT2D eigenvalue weighted by Gasteiger charge is -2.14. The van der Waals surface area contributed by atoms with Crippen LogP contribution in [0.4, 0.5) is 0 Å². The number of hydrogen-bond acceptors (Lipinski definition) is 5. The summed E-state index contributed by atoms with van der Waals surface area (Å²) in [6.07, 6.45) is 1.51. The second-order valence-electron chi connectivity index (χ2n) is 6.57. The van der Waals surface area contributed by atoms with Gasteiger partial charge >= 0.3 is 0 Å². The lowest BCUT2D eigenvalue weighted by Crippen LogP contribution is -2.19. The monoisotopic (exact) mass is 488 g/mol. The van der Waals surface area contributed by atoms with Crippen molar-refractivity contribution >= 4 is 47.1 Å². The average Bonchev–Trinajstić information content (AvgIpc) is 2.79. The van der Waals surface area contributed by atoms with Gasteiger partial charge in [-0.2, -0.15) is 5.10 Å². The van der Waals surface area contributed by atoms with Gasteiger partial charge < -0.3 is 9.47 Å². The quantitative estimate of drug-likeness (QED) is 0.209. The first-order valence-electron chi connectivity index (χ1n) is 9.88. The highest BCUT2D eigenvalue weighted by molar-refractivity contribution is 8.00. The number of nitrogens with zero attached hydrogens (tertiary/aromatic N) is 1. The fraction of sp³-hybridized carbons (Fsp3) is 0.167. The zero-order valence-corrected chi connectivity index (χ0v) is 19.7. The van der Waals surface area contributed by atoms with Crippen molar-refractivity contribution in [3.05, 3.63) is 87.9 Å². The predicted octanol–water partition coefficient (Wildman–Crippen LogP) is 6.21. The first kappa shape index (κ1) is 24.0. The lowest BCUT2D eigenvalue weighted by atomic mass is 10.2. The summed E-state index contributed by atoms with van der Waals surface area (Å²) in [5, 5.41) is 5.08. The molecule has 8 heteroatoms. The van der Waals surface area contributed by atoms with Crippen LogP contribution < -0.4 is 14.9 Å². The zero-order valence-electron chi connectivity index (χ0n) is 17.4. The number of amides is 1. The molecule has 0 aliphatic carbocycles. The van der Waals surface area contributed by atoms with E-state index in [0.717, 1.165) is 10.5 Å². The van der Waals surface area contributed by atoms with Crippen LogP contribution >= 0.6 is 35.0 Å². The average molecular weight is 489 g/mol. The molecule has 0 radical (unpaired) electrons. The Morgan fingerprint density at radius 3 is 2.53 bits per heavy atom. The molecule has 1 N–H and O–H groups in total. The van der Waals surface area contributed by atoms with Gasteiger partial charge in [-0.25, -0.2) is 5.43 Å². The number of nitrogens with one attached hydrogen (secondary N) is 1. The third-order valence-corrected chi connectivity index (χ3v) is 5.69. The van der Waals surface area contributed by atoms with Gasteiger partial charge in [0.15, 0.2) is 11.5 Å². The number of carbonyl (C=O) groups is 1. The van der Waals surface area contributed by atoms with E-state index in [1.54, 1.807) is 24.3 Å². The first-order chi connectivity index (χ1) is 15.5. The number of ether oxygens (including phenoxy) is 2.